The van der Waals surface area contributed by atoms with Crippen LogP contribution >= 0.6 is 11.6 Å². The van der Waals surface area contributed by atoms with Gasteiger partial charge in [-0.15, -0.1) is 0 Å². The number of fused-ring (bicyclic) bond motifs is 1. The van der Waals surface area contributed by atoms with Crippen LogP contribution in [0, 0.1) is 11.3 Å². The Kier molecular flexibility index (Phi) is 5.79. The van der Waals surface area contributed by atoms with E-state index in [1.54, 1.807) is 54.6 Å². The summed E-state index contributed by atoms with van der Waals surface area (Å²) in [4.78, 5) is 31.1. The van der Waals surface area contributed by atoms with Gasteiger partial charge < -0.3 is 10.1 Å². The van der Waals surface area contributed by atoms with Crippen molar-refractivity contribution in [2.24, 2.45) is 5.10 Å². The van der Waals surface area contributed by atoms with E-state index in [0.29, 0.717) is 21.6 Å². The predicted molar refractivity (Wildman–Crippen MR) is 104 cm³/mol. The fraction of sp³-hybridized carbons (Fsp3) is 0.105. The molecule has 0 radical (unpaired) electrons. The molecule has 0 aliphatic heterocycles. The number of halogens is 1. The first-order valence-electron chi connectivity index (χ1n) is 8.16. The van der Waals surface area contributed by atoms with Gasteiger partial charge in [-0.25, -0.2) is 10.4 Å². The van der Waals surface area contributed by atoms with Crippen LogP contribution in [-0.2, 0) is 4.79 Å². The smallest absolute Gasteiger partial charge is 0.276 e. The van der Waals surface area contributed by atoms with Gasteiger partial charge in [-0.05, 0) is 23.8 Å². The van der Waals surface area contributed by atoms with E-state index in [-0.39, 0.29) is 11.4 Å². The number of amides is 1. The Balaban J connectivity index is 2.12. The van der Waals surface area contributed by atoms with E-state index < -0.39 is 24.0 Å². The highest BCUT2D eigenvalue weighted by Crippen LogP contribution is 2.19. The SMILES string of the molecule is N#CCC(=O)N/N=C(\c1nc2ccc(Cl)cc2[nH]c1=O)[C@@H](O)c1ccccc1. The molecule has 2 aromatic carbocycles. The Morgan fingerprint density at radius 3 is 2.79 bits per heavy atom. The summed E-state index contributed by atoms with van der Waals surface area (Å²) in [6, 6.07) is 14.9. The van der Waals surface area contributed by atoms with Crippen LogP contribution in [0.3, 0.4) is 0 Å². The summed E-state index contributed by atoms with van der Waals surface area (Å²) in [7, 11) is 0. The Labute approximate surface area is 164 Å². The van der Waals surface area contributed by atoms with Crippen molar-refractivity contribution in [2.45, 2.75) is 12.5 Å². The van der Waals surface area contributed by atoms with E-state index >= 15 is 0 Å². The second-order valence-corrected chi connectivity index (χ2v) is 6.19. The summed E-state index contributed by atoms with van der Waals surface area (Å²) in [5, 5.41) is 23.7. The summed E-state index contributed by atoms with van der Waals surface area (Å²) in [6.07, 6.45) is -1.75. The van der Waals surface area contributed by atoms with Gasteiger partial charge in [0.05, 0.1) is 17.1 Å². The number of aliphatic hydroxyl groups is 1. The molecule has 3 rings (SSSR count). The number of benzene rings is 2. The fourth-order valence-electron chi connectivity index (χ4n) is 2.50. The molecule has 140 valence electrons. The monoisotopic (exact) mass is 395 g/mol. The fourth-order valence-corrected chi connectivity index (χ4v) is 2.68. The van der Waals surface area contributed by atoms with Crippen LogP contribution < -0.4 is 11.0 Å². The second kappa shape index (κ2) is 8.43. The van der Waals surface area contributed by atoms with Gasteiger partial charge in [-0.1, -0.05) is 41.9 Å². The highest BCUT2D eigenvalue weighted by molar-refractivity contribution is 6.31. The van der Waals surface area contributed by atoms with Gasteiger partial charge in [0, 0.05) is 5.02 Å². The molecule has 1 amide bonds. The maximum atomic E-state index is 12.6. The quantitative estimate of drug-likeness (QED) is 0.449. The molecule has 0 bridgehead atoms. The van der Waals surface area contributed by atoms with E-state index in [1.807, 2.05) is 0 Å². The zero-order chi connectivity index (χ0) is 20.1. The number of hydrogen-bond donors (Lipinski definition) is 3. The molecule has 1 atom stereocenters. The van der Waals surface area contributed by atoms with E-state index in [4.69, 9.17) is 16.9 Å². The number of nitrogens with one attached hydrogen (secondary N) is 2. The molecule has 3 N–H and O–H groups in total. The molecule has 0 aliphatic rings. The minimum atomic E-state index is -1.33. The Morgan fingerprint density at radius 1 is 1.32 bits per heavy atom. The maximum Gasteiger partial charge on any atom is 0.276 e. The summed E-state index contributed by atoms with van der Waals surface area (Å²) in [5.74, 6) is -0.677. The van der Waals surface area contributed by atoms with Crippen LogP contribution in [0.2, 0.25) is 5.02 Å². The second-order valence-electron chi connectivity index (χ2n) is 5.76. The zero-order valence-electron chi connectivity index (χ0n) is 14.4. The van der Waals surface area contributed by atoms with Crippen LogP contribution in [0.1, 0.15) is 23.8 Å². The molecular formula is C19H14ClN5O3. The van der Waals surface area contributed by atoms with Gasteiger partial charge in [0.1, 0.15) is 18.2 Å². The largest absolute Gasteiger partial charge is 0.382 e. The lowest BCUT2D eigenvalue weighted by atomic mass is 10.0. The highest BCUT2D eigenvalue weighted by atomic mass is 35.5. The molecule has 0 aliphatic carbocycles. The molecule has 0 unspecified atom stereocenters. The third-order valence-electron chi connectivity index (χ3n) is 3.81. The number of rotatable bonds is 5. The van der Waals surface area contributed by atoms with Gasteiger partial charge in [-0.2, -0.15) is 10.4 Å². The first-order chi connectivity index (χ1) is 13.5. The number of aromatic nitrogens is 2. The van der Waals surface area contributed by atoms with Crippen molar-refractivity contribution in [3.05, 3.63) is 75.2 Å². The Hall–Kier alpha value is -3.54. The average Bonchev–Trinajstić information content (AvgIpc) is 2.69. The summed E-state index contributed by atoms with van der Waals surface area (Å²) in [5.41, 5.74) is 2.53. The summed E-state index contributed by atoms with van der Waals surface area (Å²) >= 11 is 5.93. The topological polar surface area (TPSA) is 131 Å². The molecule has 0 saturated heterocycles. The Morgan fingerprint density at radius 2 is 2.07 bits per heavy atom. The van der Waals surface area contributed by atoms with Crippen molar-refractivity contribution >= 4 is 34.3 Å². The summed E-state index contributed by atoms with van der Waals surface area (Å²) < 4.78 is 0. The lowest BCUT2D eigenvalue weighted by Crippen LogP contribution is -2.29. The van der Waals surface area contributed by atoms with E-state index in [2.05, 4.69) is 20.5 Å². The molecule has 0 spiro atoms. The minimum absolute atomic E-state index is 0.157. The van der Waals surface area contributed by atoms with Gasteiger partial charge >= 0.3 is 0 Å². The maximum absolute atomic E-state index is 12.6. The lowest BCUT2D eigenvalue weighted by molar-refractivity contribution is -0.120. The molecule has 28 heavy (non-hydrogen) atoms. The number of aliphatic hydroxyl groups excluding tert-OH is 1. The van der Waals surface area contributed by atoms with Crippen molar-refractivity contribution in [1.29, 1.82) is 5.26 Å². The third kappa shape index (κ3) is 4.23. The van der Waals surface area contributed by atoms with E-state index in [9.17, 15) is 14.7 Å². The normalized spacial score (nSPS) is 12.4. The number of nitriles is 1. The first kappa shape index (κ1) is 19.2. The van der Waals surface area contributed by atoms with Crippen molar-refractivity contribution in [1.82, 2.24) is 15.4 Å². The number of nitrogens with zero attached hydrogens (tertiary/aromatic N) is 3. The van der Waals surface area contributed by atoms with Gasteiger partial charge in [0.2, 0.25) is 0 Å². The molecule has 1 heterocycles. The van der Waals surface area contributed by atoms with Crippen molar-refractivity contribution < 1.29 is 9.90 Å². The number of carbonyl (C=O) groups is 1. The number of H-pyrrole nitrogens is 1. The third-order valence-corrected chi connectivity index (χ3v) is 4.05. The minimum Gasteiger partial charge on any atom is -0.382 e. The average molecular weight is 396 g/mol. The van der Waals surface area contributed by atoms with Crippen LogP contribution in [0.15, 0.2) is 58.4 Å². The van der Waals surface area contributed by atoms with E-state index in [1.165, 1.54) is 0 Å². The predicted octanol–water partition coefficient (Wildman–Crippen LogP) is 2.04. The molecule has 0 fully saturated rings. The lowest BCUT2D eigenvalue weighted by Gasteiger charge is -2.14. The van der Waals surface area contributed by atoms with Crippen LogP contribution in [-0.4, -0.2) is 26.7 Å². The first-order valence-corrected chi connectivity index (χ1v) is 8.53. The van der Waals surface area contributed by atoms with Gasteiger partial charge in [0.15, 0.2) is 5.69 Å². The van der Waals surface area contributed by atoms with Gasteiger partial charge in [-0.3, -0.25) is 9.59 Å². The number of carbonyl (C=O) groups excluding carboxylic acids is 1. The number of aromatic amines is 1. The van der Waals surface area contributed by atoms with Crippen LogP contribution in [0.4, 0.5) is 0 Å². The molecule has 3 aromatic rings. The zero-order valence-corrected chi connectivity index (χ0v) is 15.1. The van der Waals surface area contributed by atoms with Crippen molar-refractivity contribution in [3.63, 3.8) is 0 Å². The molecule has 8 nitrogen and oxygen atoms in total. The molecule has 0 saturated carbocycles. The number of hydrogen-bond acceptors (Lipinski definition) is 6. The van der Waals surface area contributed by atoms with Crippen molar-refractivity contribution in [2.75, 3.05) is 0 Å². The molecular weight excluding hydrogens is 382 g/mol. The Bertz CT molecular complexity index is 1150. The van der Waals surface area contributed by atoms with Crippen LogP contribution in [0.25, 0.3) is 11.0 Å². The standard InChI is InChI=1S/C19H14ClN5O3/c20-12-6-7-13-14(10-12)23-19(28)17(22-13)16(25-24-15(26)8-9-21)18(27)11-4-2-1-3-5-11/h1-7,10,18,27H,8H2,(H,23,28)(H,24,26)/b25-16+/t18-/m0/s1. The number of hydrazone groups is 1. The van der Waals surface area contributed by atoms with E-state index in [0.717, 1.165) is 0 Å². The van der Waals surface area contributed by atoms with Crippen LogP contribution in [0.5, 0.6) is 0 Å². The summed E-state index contributed by atoms with van der Waals surface area (Å²) in [6.45, 7) is 0. The van der Waals surface area contributed by atoms with Crippen molar-refractivity contribution in [3.8, 4) is 6.07 Å². The van der Waals surface area contributed by atoms with Gasteiger partial charge in [0.25, 0.3) is 11.5 Å². The molecule has 9 heteroatoms. The molecule has 1 aromatic heterocycles. The highest BCUT2D eigenvalue weighted by Gasteiger charge is 2.22.